The van der Waals surface area contributed by atoms with Gasteiger partial charge in [0.25, 0.3) is 5.69 Å². The van der Waals surface area contributed by atoms with E-state index >= 15 is 0 Å². The van der Waals surface area contributed by atoms with Crippen molar-refractivity contribution in [1.29, 1.82) is 0 Å². The van der Waals surface area contributed by atoms with Crippen molar-refractivity contribution in [3.63, 3.8) is 0 Å². The fourth-order valence-corrected chi connectivity index (χ4v) is 2.83. The number of halogens is 1. The van der Waals surface area contributed by atoms with Gasteiger partial charge in [-0.05, 0) is 48.9 Å². The molecule has 0 saturated carbocycles. The van der Waals surface area contributed by atoms with Gasteiger partial charge < -0.3 is 9.15 Å². The number of hydrogen-bond donors (Lipinski definition) is 1. The number of nitro benzene ring substituents is 1. The summed E-state index contributed by atoms with van der Waals surface area (Å²) < 4.78 is 11.0. The summed E-state index contributed by atoms with van der Waals surface area (Å²) in [4.78, 5) is 22.5. The number of amides is 1. The number of nitrogens with one attached hydrogen (secondary N) is 1. The lowest BCUT2D eigenvalue weighted by molar-refractivity contribution is -0.384. The zero-order valence-corrected chi connectivity index (χ0v) is 16.8. The summed E-state index contributed by atoms with van der Waals surface area (Å²) in [6.45, 7) is 2.48. The molecule has 30 heavy (non-hydrogen) atoms. The number of nitrogens with zero attached hydrogens (tertiary/aromatic N) is 2. The minimum atomic E-state index is -0.558. The van der Waals surface area contributed by atoms with E-state index in [0.29, 0.717) is 23.7 Å². The van der Waals surface area contributed by atoms with Gasteiger partial charge in [0.05, 0.1) is 24.2 Å². The highest BCUT2D eigenvalue weighted by Gasteiger charge is 2.15. The van der Waals surface area contributed by atoms with Crippen LogP contribution in [0.5, 0.6) is 5.75 Å². The third kappa shape index (κ3) is 5.45. The molecule has 8 nitrogen and oxygen atoms in total. The Morgan fingerprint density at radius 3 is 2.70 bits per heavy atom. The Morgan fingerprint density at radius 2 is 2.00 bits per heavy atom. The summed E-state index contributed by atoms with van der Waals surface area (Å²) in [5, 5.41) is 14.9. The maximum atomic E-state index is 12.0. The molecule has 2 aromatic carbocycles. The van der Waals surface area contributed by atoms with E-state index in [1.54, 1.807) is 30.3 Å². The SMILES string of the molecule is CCOc1ccc(CC(=O)N/N=C\c2ccc(-c3ccc(Cl)c([N+](=O)[O-])c3)o2)cc1. The van der Waals surface area contributed by atoms with Crippen molar-refractivity contribution >= 4 is 29.4 Å². The maximum absolute atomic E-state index is 12.0. The second-order valence-corrected chi connectivity index (χ2v) is 6.58. The molecule has 1 N–H and O–H groups in total. The summed E-state index contributed by atoms with van der Waals surface area (Å²) in [6.07, 6.45) is 1.52. The third-order valence-electron chi connectivity index (χ3n) is 4.03. The van der Waals surface area contributed by atoms with Gasteiger partial charge in [0.15, 0.2) is 0 Å². The van der Waals surface area contributed by atoms with E-state index in [4.69, 9.17) is 20.8 Å². The number of benzene rings is 2. The van der Waals surface area contributed by atoms with E-state index in [9.17, 15) is 14.9 Å². The van der Waals surface area contributed by atoms with Gasteiger partial charge in [0, 0.05) is 11.6 Å². The Balaban J connectivity index is 1.58. The molecule has 154 valence electrons. The monoisotopic (exact) mass is 427 g/mol. The van der Waals surface area contributed by atoms with Crippen LogP contribution in [-0.4, -0.2) is 23.7 Å². The largest absolute Gasteiger partial charge is 0.494 e. The predicted octanol–water partition coefficient (Wildman–Crippen LogP) is 4.60. The minimum Gasteiger partial charge on any atom is -0.494 e. The van der Waals surface area contributed by atoms with Crippen LogP contribution in [0.2, 0.25) is 5.02 Å². The van der Waals surface area contributed by atoms with Crippen molar-refractivity contribution in [2.75, 3.05) is 6.61 Å². The lowest BCUT2D eigenvalue weighted by Gasteiger charge is -2.04. The summed E-state index contributed by atoms with van der Waals surface area (Å²) in [7, 11) is 0. The first kappa shape index (κ1) is 21.1. The van der Waals surface area contributed by atoms with Gasteiger partial charge in [-0.2, -0.15) is 5.10 Å². The number of nitro groups is 1. The summed E-state index contributed by atoms with van der Waals surface area (Å²) in [6, 6.07) is 14.9. The van der Waals surface area contributed by atoms with Crippen LogP contribution in [0.4, 0.5) is 5.69 Å². The summed E-state index contributed by atoms with van der Waals surface area (Å²) in [5.41, 5.74) is 3.56. The second-order valence-electron chi connectivity index (χ2n) is 6.17. The highest BCUT2D eigenvalue weighted by atomic mass is 35.5. The lowest BCUT2D eigenvalue weighted by Crippen LogP contribution is -2.19. The number of ether oxygens (including phenoxy) is 1. The van der Waals surface area contributed by atoms with Gasteiger partial charge in [-0.1, -0.05) is 23.7 Å². The molecule has 0 unspecified atom stereocenters. The number of hydrogen-bond acceptors (Lipinski definition) is 6. The average molecular weight is 428 g/mol. The fraction of sp³-hybridized carbons (Fsp3) is 0.143. The van der Waals surface area contributed by atoms with Crippen molar-refractivity contribution in [3.8, 4) is 17.1 Å². The van der Waals surface area contributed by atoms with Crippen molar-refractivity contribution in [2.24, 2.45) is 5.10 Å². The van der Waals surface area contributed by atoms with Crippen LogP contribution in [0, 0.1) is 10.1 Å². The van der Waals surface area contributed by atoms with Crippen LogP contribution in [0.25, 0.3) is 11.3 Å². The summed E-state index contributed by atoms with van der Waals surface area (Å²) >= 11 is 5.82. The Bertz CT molecular complexity index is 1080. The quantitative estimate of drug-likeness (QED) is 0.321. The van der Waals surface area contributed by atoms with E-state index in [2.05, 4.69) is 10.5 Å². The van der Waals surface area contributed by atoms with Gasteiger partial charge in [-0.3, -0.25) is 14.9 Å². The van der Waals surface area contributed by atoms with Crippen LogP contribution >= 0.6 is 11.6 Å². The molecule has 9 heteroatoms. The van der Waals surface area contributed by atoms with Crippen molar-refractivity contribution in [1.82, 2.24) is 5.43 Å². The molecule has 1 heterocycles. The van der Waals surface area contributed by atoms with Gasteiger partial charge in [-0.15, -0.1) is 0 Å². The van der Waals surface area contributed by atoms with E-state index in [0.717, 1.165) is 11.3 Å². The third-order valence-corrected chi connectivity index (χ3v) is 4.35. The molecule has 0 spiro atoms. The van der Waals surface area contributed by atoms with Gasteiger partial charge in [0.2, 0.25) is 5.91 Å². The van der Waals surface area contributed by atoms with Crippen molar-refractivity contribution in [2.45, 2.75) is 13.3 Å². The zero-order chi connectivity index (χ0) is 21.5. The van der Waals surface area contributed by atoms with Gasteiger partial charge >= 0.3 is 0 Å². The normalized spacial score (nSPS) is 10.9. The van der Waals surface area contributed by atoms with E-state index in [-0.39, 0.29) is 23.0 Å². The standard InChI is InChI=1S/C21H18ClN3O5/c1-2-29-16-6-3-14(4-7-16)11-21(26)24-23-13-17-8-10-20(30-17)15-5-9-18(22)19(12-15)25(27)28/h3-10,12-13H,2,11H2,1H3,(H,24,26)/b23-13-. The Morgan fingerprint density at radius 1 is 1.23 bits per heavy atom. The average Bonchev–Trinajstić information content (AvgIpc) is 3.19. The van der Waals surface area contributed by atoms with Gasteiger partial charge in [0.1, 0.15) is 22.3 Å². The molecule has 0 radical (unpaired) electrons. The summed E-state index contributed by atoms with van der Waals surface area (Å²) in [5.74, 6) is 1.26. The number of carbonyl (C=O) groups is 1. The van der Waals surface area contributed by atoms with Crippen LogP contribution < -0.4 is 10.2 Å². The molecule has 1 amide bonds. The second kappa shape index (κ2) is 9.71. The van der Waals surface area contributed by atoms with Crippen molar-refractivity contribution in [3.05, 3.63) is 81.1 Å². The molecule has 0 atom stereocenters. The molecule has 0 fully saturated rings. The molecule has 0 aliphatic carbocycles. The zero-order valence-electron chi connectivity index (χ0n) is 16.0. The van der Waals surface area contributed by atoms with Gasteiger partial charge in [-0.25, -0.2) is 5.43 Å². The number of hydrazone groups is 1. The first-order valence-electron chi connectivity index (χ1n) is 9.04. The topological polar surface area (TPSA) is 107 Å². The molecule has 0 saturated heterocycles. The highest BCUT2D eigenvalue weighted by molar-refractivity contribution is 6.32. The van der Waals surface area contributed by atoms with Crippen LogP contribution in [0.3, 0.4) is 0 Å². The molecular weight excluding hydrogens is 410 g/mol. The predicted molar refractivity (Wildman–Crippen MR) is 113 cm³/mol. The van der Waals surface area contributed by atoms with E-state index < -0.39 is 4.92 Å². The molecule has 0 bridgehead atoms. The molecule has 3 rings (SSSR count). The molecule has 0 aliphatic rings. The molecular formula is C21H18ClN3O5. The Labute approximate surface area is 177 Å². The maximum Gasteiger partial charge on any atom is 0.288 e. The van der Waals surface area contributed by atoms with E-state index in [1.165, 1.54) is 18.3 Å². The van der Waals surface area contributed by atoms with Crippen LogP contribution in [0.15, 0.2) is 64.1 Å². The minimum absolute atomic E-state index is 0.0485. The number of carbonyl (C=O) groups excluding carboxylic acids is 1. The fourth-order valence-electron chi connectivity index (χ4n) is 2.65. The molecule has 3 aromatic rings. The molecule has 1 aromatic heterocycles. The highest BCUT2D eigenvalue weighted by Crippen LogP contribution is 2.31. The Kier molecular flexibility index (Phi) is 6.82. The number of furan rings is 1. The number of rotatable bonds is 8. The molecule has 0 aliphatic heterocycles. The Hall–Kier alpha value is -3.65. The smallest absolute Gasteiger partial charge is 0.288 e. The first-order valence-corrected chi connectivity index (χ1v) is 9.42. The first-order chi connectivity index (χ1) is 14.5. The van der Waals surface area contributed by atoms with E-state index in [1.807, 2.05) is 19.1 Å². The van der Waals surface area contributed by atoms with Crippen molar-refractivity contribution < 1.29 is 18.9 Å². The lowest BCUT2D eigenvalue weighted by atomic mass is 10.1. The van der Waals surface area contributed by atoms with Crippen LogP contribution in [-0.2, 0) is 11.2 Å². The van der Waals surface area contributed by atoms with Crippen LogP contribution in [0.1, 0.15) is 18.2 Å².